The van der Waals surface area contributed by atoms with Gasteiger partial charge in [-0.3, -0.25) is 14.4 Å². The van der Waals surface area contributed by atoms with Gasteiger partial charge in [0.1, 0.15) is 5.75 Å². The van der Waals surface area contributed by atoms with Gasteiger partial charge in [0.15, 0.2) is 11.2 Å². The maximum atomic E-state index is 13.9. The van der Waals surface area contributed by atoms with Crippen molar-refractivity contribution in [2.45, 2.75) is 26.2 Å². The van der Waals surface area contributed by atoms with E-state index in [1.165, 1.54) is 0 Å². The first-order chi connectivity index (χ1) is 15.4. The number of nitrogens with zero attached hydrogens (tertiary/aromatic N) is 1. The van der Waals surface area contributed by atoms with Crippen LogP contribution in [0, 0.1) is 10.8 Å². The lowest BCUT2D eigenvalue weighted by Crippen LogP contribution is -2.50. The fourth-order valence-electron chi connectivity index (χ4n) is 5.46. The number of morpholine rings is 1. The monoisotopic (exact) mass is 497 g/mol. The number of esters is 1. The van der Waals surface area contributed by atoms with E-state index in [2.05, 4.69) is 15.9 Å². The maximum Gasteiger partial charge on any atom is 0.328 e. The van der Waals surface area contributed by atoms with Gasteiger partial charge >= 0.3 is 5.97 Å². The summed E-state index contributed by atoms with van der Waals surface area (Å²) in [5.74, 6) is -1.38. The average Bonchev–Trinajstić information content (AvgIpc) is 3.42. The first-order valence-corrected chi connectivity index (χ1v) is 11.7. The second-order valence-electron chi connectivity index (χ2n) is 8.80. The highest BCUT2D eigenvalue weighted by molar-refractivity contribution is 9.10. The summed E-state index contributed by atoms with van der Waals surface area (Å²) in [6.45, 7) is 5.39. The number of rotatable bonds is 4. The highest BCUT2D eigenvalue weighted by Gasteiger charge is 2.88. The molecular weight excluding hydrogens is 474 g/mol. The van der Waals surface area contributed by atoms with Crippen molar-refractivity contribution in [2.24, 2.45) is 10.8 Å². The van der Waals surface area contributed by atoms with E-state index in [9.17, 15) is 14.4 Å². The van der Waals surface area contributed by atoms with Gasteiger partial charge in [0, 0.05) is 34.6 Å². The lowest BCUT2D eigenvalue weighted by Gasteiger charge is -2.32. The summed E-state index contributed by atoms with van der Waals surface area (Å²) in [6, 6.07) is 12.8. The van der Waals surface area contributed by atoms with E-state index >= 15 is 0 Å². The number of ketones is 1. The minimum absolute atomic E-state index is 0.212. The Labute approximate surface area is 195 Å². The highest BCUT2D eigenvalue weighted by atomic mass is 79.9. The van der Waals surface area contributed by atoms with Crippen molar-refractivity contribution in [2.75, 3.05) is 26.3 Å². The molecule has 1 amide bonds. The number of halogens is 1. The first kappa shape index (κ1) is 21.3. The van der Waals surface area contributed by atoms with Crippen LogP contribution in [0.3, 0.4) is 0 Å². The van der Waals surface area contributed by atoms with E-state index in [0.717, 1.165) is 16.5 Å². The fourth-order valence-corrected chi connectivity index (χ4v) is 5.84. The van der Waals surface area contributed by atoms with Crippen LogP contribution in [0.25, 0.3) is 0 Å². The van der Waals surface area contributed by atoms with E-state index in [1.54, 1.807) is 36.1 Å². The number of ether oxygens (including phenoxy) is 2. The largest absolute Gasteiger partial charge is 0.425 e. The van der Waals surface area contributed by atoms with Crippen molar-refractivity contribution in [1.29, 1.82) is 0 Å². The molecule has 1 saturated carbocycles. The number of hydrogen-bond acceptors (Lipinski definition) is 5. The summed E-state index contributed by atoms with van der Waals surface area (Å²) in [4.78, 5) is 42.9. The van der Waals surface area contributed by atoms with Gasteiger partial charge in [0.05, 0.1) is 18.6 Å². The van der Waals surface area contributed by atoms with Gasteiger partial charge in [0.25, 0.3) is 0 Å². The summed E-state index contributed by atoms with van der Waals surface area (Å²) in [7, 11) is 0. The van der Waals surface area contributed by atoms with Crippen molar-refractivity contribution >= 4 is 33.6 Å². The number of aryl methyl sites for hydroxylation is 1. The topological polar surface area (TPSA) is 72.9 Å². The Bertz CT molecular complexity index is 1120. The third kappa shape index (κ3) is 2.77. The van der Waals surface area contributed by atoms with Crippen LogP contribution in [0.4, 0.5) is 0 Å². The third-order valence-electron chi connectivity index (χ3n) is 7.29. The molecule has 166 valence electrons. The van der Waals surface area contributed by atoms with Crippen LogP contribution < -0.4 is 4.74 Å². The Morgan fingerprint density at radius 2 is 1.81 bits per heavy atom. The molecule has 0 spiro atoms. The van der Waals surface area contributed by atoms with Gasteiger partial charge in [-0.2, -0.15) is 0 Å². The Hall–Kier alpha value is -2.51. The highest BCUT2D eigenvalue weighted by Crippen LogP contribution is 2.78. The van der Waals surface area contributed by atoms with E-state index < -0.39 is 22.7 Å². The molecule has 1 aliphatic carbocycles. The average molecular weight is 498 g/mol. The molecule has 2 aromatic carbocycles. The summed E-state index contributed by atoms with van der Waals surface area (Å²) in [5.41, 5.74) is -0.482. The zero-order valence-electron chi connectivity index (χ0n) is 18.0. The molecule has 32 heavy (non-hydrogen) atoms. The summed E-state index contributed by atoms with van der Waals surface area (Å²) >= 11 is 3.48. The van der Waals surface area contributed by atoms with Crippen molar-refractivity contribution in [3.8, 4) is 5.75 Å². The fraction of sp³-hybridized carbons (Fsp3) is 0.400. The molecule has 0 radical (unpaired) electrons. The lowest BCUT2D eigenvalue weighted by atomic mass is 9.85. The molecule has 3 aliphatic rings. The van der Waals surface area contributed by atoms with Crippen LogP contribution in [0.5, 0.6) is 5.75 Å². The van der Waals surface area contributed by atoms with Crippen LogP contribution >= 0.6 is 15.9 Å². The molecule has 2 heterocycles. The minimum atomic E-state index is -1.57. The van der Waals surface area contributed by atoms with Gasteiger partial charge in [0.2, 0.25) is 5.91 Å². The number of carbonyl (C=O) groups excluding carboxylic acids is 3. The number of fused-ring (bicyclic) bond motifs is 3. The first-order valence-electron chi connectivity index (χ1n) is 10.9. The third-order valence-corrected chi connectivity index (χ3v) is 7.78. The van der Waals surface area contributed by atoms with E-state index in [4.69, 9.17) is 9.47 Å². The Balaban J connectivity index is 1.64. The van der Waals surface area contributed by atoms with Gasteiger partial charge < -0.3 is 14.4 Å². The predicted molar refractivity (Wildman–Crippen MR) is 121 cm³/mol. The van der Waals surface area contributed by atoms with E-state index in [1.807, 2.05) is 25.1 Å². The molecule has 2 aromatic rings. The van der Waals surface area contributed by atoms with Gasteiger partial charge in [-0.05, 0) is 37.1 Å². The number of amides is 1. The Morgan fingerprint density at radius 1 is 1.12 bits per heavy atom. The van der Waals surface area contributed by atoms with E-state index in [-0.39, 0.29) is 11.7 Å². The molecule has 5 rings (SSSR count). The van der Waals surface area contributed by atoms with Crippen LogP contribution in [-0.2, 0) is 20.7 Å². The van der Waals surface area contributed by atoms with Gasteiger partial charge in [-0.15, -0.1) is 0 Å². The normalized spacial score (nSPS) is 28.4. The number of carbonyl (C=O) groups is 3. The second kappa shape index (κ2) is 7.52. The van der Waals surface area contributed by atoms with Crippen LogP contribution in [0.1, 0.15) is 41.3 Å². The molecule has 2 fully saturated rings. The smallest absolute Gasteiger partial charge is 0.328 e. The molecular formula is C25H24BrNO5. The number of Topliss-reactive ketones (excluding diaryl/α,β-unsaturated/α-hetero) is 1. The van der Waals surface area contributed by atoms with Gasteiger partial charge in [-0.1, -0.05) is 47.1 Å². The molecule has 3 atom stereocenters. The quantitative estimate of drug-likeness (QED) is 0.278. The molecule has 1 saturated heterocycles. The SMILES string of the molecule is CCc1ccc(C(=O)[C@@]2(C)[C@@H]3c4cc(Br)ccc4OC(=O)[C@@]32C(=O)N2CCOCC2)cc1. The molecule has 0 N–H and O–H groups in total. The second-order valence-corrected chi connectivity index (χ2v) is 9.71. The van der Waals surface area contributed by atoms with E-state index in [0.29, 0.717) is 43.2 Å². The molecule has 0 aromatic heterocycles. The molecule has 0 unspecified atom stereocenters. The summed E-state index contributed by atoms with van der Waals surface area (Å²) < 4.78 is 11.9. The lowest BCUT2D eigenvalue weighted by molar-refractivity contribution is -0.156. The summed E-state index contributed by atoms with van der Waals surface area (Å²) in [6.07, 6.45) is 0.863. The van der Waals surface area contributed by atoms with Crippen LogP contribution in [-0.4, -0.2) is 48.9 Å². The zero-order valence-corrected chi connectivity index (χ0v) is 19.6. The number of hydrogen-bond donors (Lipinski definition) is 0. The van der Waals surface area contributed by atoms with Crippen LogP contribution in [0.15, 0.2) is 46.9 Å². The molecule has 7 heteroatoms. The number of benzene rings is 2. The van der Waals surface area contributed by atoms with Crippen molar-refractivity contribution in [1.82, 2.24) is 4.90 Å². The Morgan fingerprint density at radius 3 is 2.47 bits per heavy atom. The van der Waals surface area contributed by atoms with Crippen LogP contribution in [0.2, 0.25) is 0 Å². The standard InChI is InChI=1S/C25H24BrNO5/c1-3-15-4-6-16(7-5-15)21(28)24(2)20-18-14-17(26)8-9-19(18)32-23(30)25(20,24)22(29)27-10-12-31-13-11-27/h4-9,14,20H,3,10-13H2,1-2H3/t20-,24+,25-/m0/s1. The van der Waals surface area contributed by atoms with Gasteiger partial charge in [-0.25, -0.2) is 0 Å². The van der Waals surface area contributed by atoms with Crippen molar-refractivity contribution in [3.05, 3.63) is 63.6 Å². The molecule has 2 aliphatic heterocycles. The maximum absolute atomic E-state index is 13.9. The summed E-state index contributed by atoms with van der Waals surface area (Å²) in [5, 5.41) is 0. The molecule has 6 nitrogen and oxygen atoms in total. The molecule has 0 bridgehead atoms. The zero-order chi connectivity index (χ0) is 22.7. The van der Waals surface area contributed by atoms with Crippen molar-refractivity contribution in [3.63, 3.8) is 0 Å². The predicted octanol–water partition coefficient (Wildman–Crippen LogP) is 3.76. The minimum Gasteiger partial charge on any atom is -0.425 e. The Kier molecular flexibility index (Phi) is 5.02. The van der Waals surface area contributed by atoms with Crippen molar-refractivity contribution < 1.29 is 23.9 Å².